The number of nitrogens with two attached hydrogens (primary N) is 1. The molecular weight excluding hydrogens is 430 g/mol. The van der Waals surface area contributed by atoms with Crippen molar-refractivity contribution in [3.05, 3.63) is 54.0 Å². The number of nitrogens with one attached hydrogen (secondary N) is 1. The lowest BCUT2D eigenvalue weighted by Gasteiger charge is -2.28. The molecule has 0 aliphatic carbocycles. The van der Waals surface area contributed by atoms with E-state index < -0.39 is 25.9 Å². The molecule has 1 aliphatic rings. The molecule has 11 heteroatoms. The van der Waals surface area contributed by atoms with Crippen LogP contribution in [0.5, 0.6) is 0 Å². The molecule has 1 aliphatic heterocycles. The number of sulfonamides is 1. The van der Waals surface area contributed by atoms with Gasteiger partial charge in [-0.3, -0.25) is 4.79 Å². The Balaban J connectivity index is 1.66. The molecule has 1 fully saturated rings. The van der Waals surface area contributed by atoms with E-state index in [1.54, 1.807) is 29.2 Å². The van der Waals surface area contributed by atoms with Crippen LogP contribution in [-0.2, 0) is 31.2 Å². The van der Waals surface area contributed by atoms with Gasteiger partial charge in [0.15, 0.2) is 9.84 Å². The third-order valence-electron chi connectivity index (χ3n) is 5.14. The van der Waals surface area contributed by atoms with Crippen LogP contribution in [0, 0.1) is 0 Å². The van der Waals surface area contributed by atoms with E-state index >= 15 is 0 Å². The molecule has 1 aromatic carbocycles. The average molecular weight is 456 g/mol. The van der Waals surface area contributed by atoms with Gasteiger partial charge in [-0.25, -0.2) is 22.0 Å². The van der Waals surface area contributed by atoms with Gasteiger partial charge in [0.25, 0.3) is 0 Å². The Hall–Kier alpha value is -2.21. The first-order chi connectivity index (χ1) is 14.0. The van der Waals surface area contributed by atoms with Crippen LogP contribution in [0.25, 0.3) is 0 Å². The molecule has 3 N–H and O–H groups in total. The summed E-state index contributed by atoms with van der Waals surface area (Å²) in [5.41, 5.74) is 0.788. The highest BCUT2D eigenvalue weighted by Crippen LogP contribution is 2.21. The molecule has 0 unspecified atom stereocenters. The quantitative estimate of drug-likeness (QED) is 0.600. The molecule has 0 bridgehead atoms. The fraction of sp³-hybridized carbons (Fsp3) is 0.421. The predicted molar refractivity (Wildman–Crippen MR) is 111 cm³/mol. The third-order valence-corrected chi connectivity index (χ3v) is 7.82. The number of primary sulfonamides is 1. The highest BCUT2D eigenvalue weighted by molar-refractivity contribution is 7.91. The number of sulfone groups is 1. The van der Waals surface area contributed by atoms with Gasteiger partial charge < -0.3 is 14.6 Å². The van der Waals surface area contributed by atoms with Gasteiger partial charge in [-0.05, 0) is 43.2 Å². The Morgan fingerprint density at radius 2 is 2.00 bits per heavy atom. The van der Waals surface area contributed by atoms with Gasteiger partial charge in [0, 0.05) is 12.1 Å². The highest BCUT2D eigenvalue weighted by atomic mass is 32.2. The van der Waals surface area contributed by atoms with Crippen molar-refractivity contribution >= 4 is 25.8 Å². The first-order valence-corrected chi connectivity index (χ1v) is 12.8. The SMILES string of the molecule is C[C@H](NCC(=O)N(Cc1ccco1)[C@@H]1CCS(=O)(=O)C1)c1ccc(S(N)(=O)=O)cc1. The number of rotatable bonds is 8. The molecule has 0 saturated carbocycles. The predicted octanol–water partition coefficient (Wildman–Crippen LogP) is 0.794. The van der Waals surface area contributed by atoms with Gasteiger partial charge in [-0.2, -0.15) is 0 Å². The second kappa shape index (κ2) is 8.88. The molecule has 2 aromatic rings. The summed E-state index contributed by atoms with van der Waals surface area (Å²) in [5, 5.41) is 8.21. The van der Waals surface area contributed by atoms with Gasteiger partial charge >= 0.3 is 0 Å². The maximum atomic E-state index is 12.9. The Bertz CT molecular complexity index is 1080. The van der Waals surface area contributed by atoms with Crippen LogP contribution in [0.2, 0.25) is 0 Å². The van der Waals surface area contributed by atoms with Gasteiger partial charge in [0.2, 0.25) is 15.9 Å². The molecule has 30 heavy (non-hydrogen) atoms. The van der Waals surface area contributed by atoms with Crippen molar-refractivity contribution in [2.24, 2.45) is 5.14 Å². The van der Waals surface area contributed by atoms with Gasteiger partial charge in [-0.1, -0.05) is 12.1 Å². The minimum atomic E-state index is -3.77. The van der Waals surface area contributed by atoms with Crippen LogP contribution in [0.15, 0.2) is 52.0 Å². The summed E-state index contributed by atoms with van der Waals surface area (Å²) in [4.78, 5) is 14.5. The van der Waals surface area contributed by atoms with Crippen LogP contribution in [0.3, 0.4) is 0 Å². The smallest absolute Gasteiger partial charge is 0.238 e. The van der Waals surface area contributed by atoms with E-state index in [0.29, 0.717) is 12.2 Å². The zero-order chi connectivity index (χ0) is 21.9. The molecule has 9 nitrogen and oxygen atoms in total. The Morgan fingerprint density at radius 1 is 1.30 bits per heavy atom. The number of nitrogens with zero attached hydrogens (tertiary/aromatic N) is 1. The van der Waals surface area contributed by atoms with Gasteiger partial charge in [0.05, 0.1) is 35.8 Å². The maximum absolute atomic E-state index is 12.9. The van der Waals surface area contributed by atoms with Crippen LogP contribution >= 0.6 is 0 Å². The van der Waals surface area contributed by atoms with Crippen LogP contribution < -0.4 is 10.5 Å². The second-order valence-corrected chi connectivity index (χ2v) is 11.2. The molecular formula is C19H25N3O6S2. The van der Waals surface area contributed by atoms with Crippen LogP contribution in [0.1, 0.15) is 30.7 Å². The topological polar surface area (TPSA) is 140 Å². The maximum Gasteiger partial charge on any atom is 0.238 e. The number of amides is 1. The van der Waals surface area contributed by atoms with Crippen molar-refractivity contribution in [3.8, 4) is 0 Å². The molecule has 0 spiro atoms. The molecule has 1 aromatic heterocycles. The monoisotopic (exact) mass is 455 g/mol. The lowest BCUT2D eigenvalue weighted by Crippen LogP contribution is -2.45. The van der Waals surface area contributed by atoms with E-state index in [-0.39, 0.29) is 41.4 Å². The molecule has 1 amide bonds. The first-order valence-electron chi connectivity index (χ1n) is 9.43. The van der Waals surface area contributed by atoms with Crippen LogP contribution in [0.4, 0.5) is 0 Å². The van der Waals surface area contributed by atoms with Gasteiger partial charge in [-0.15, -0.1) is 0 Å². The minimum absolute atomic E-state index is 0.00460. The Kier molecular flexibility index (Phi) is 6.65. The zero-order valence-corrected chi connectivity index (χ0v) is 18.2. The number of benzene rings is 1. The normalized spacial score (nSPS) is 19.5. The summed E-state index contributed by atoms with van der Waals surface area (Å²) in [6.07, 6.45) is 1.91. The summed E-state index contributed by atoms with van der Waals surface area (Å²) < 4.78 is 51.9. The Labute approximate surface area is 176 Å². The van der Waals surface area contributed by atoms with Crippen molar-refractivity contribution < 1.29 is 26.0 Å². The lowest BCUT2D eigenvalue weighted by molar-refractivity contribution is -0.133. The van der Waals surface area contributed by atoms with Crippen molar-refractivity contribution in [1.29, 1.82) is 0 Å². The summed E-state index contributed by atoms with van der Waals surface area (Å²) in [6.45, 7) is 2.04. The molecule has 0 radical (unpaired) electrons. The van der Waals surface area contributed by atoms with E-state index in [1.807, 2.05) is 6.92 Å². The molecule has 2 heterocycles. The molecule has 1 saturated heterocycles. The average Bonchev–Trinajstić information content (AvgIpc) is 3.32. The van der Waals surface area contributed by atoms with E-state index in [9.17, 15) is 21.6 Å². The number of furan rings is 1. The second-order valence-electron chi connectivity index (χ2n) is 7.37. The highest BCUT2D eigenvalue weighted by Gasteiger charge is 2.35. The largest absolute Gasteiger partial charge is 0.467 e. The van der Waals surface area contributed by atoms with E-state index in [4.69, 9.17) is 9.56 Å². The summed E-state index contributed by atoms with van der Waals surface area (Å²) >= 11 is 0. The third kappa shape index (κ3) is 5.69. The Morgan fingerprint density at radius 3 is 2.53 bits per heavy atom. The van der Waals surface area contributed by atoms with Crippen molar-refractivity contribution in [2.75, 3.05) is 18.1 Å². The zero-order valence-electron chi connectivity index (χ0n) is 16.5. The van der Waals surface area contributed by atoms with Gasteiger partial charge in [0.1, 0.15) is 5.76 Å². The molecule has 164 valence electrons. The molecule has 3 rings (SSSR count). The van der Waals surface area contributed by atoms with E-state index in [0.717, 1.165) is 5.56 Å². The summed E-state index contributed by atoms with van der Waals surface area (Å²) in [7, 11) is -6.91. The van der Waals surface area contributed by atoms with Crippen molar-refractivity contribution in [1.82, 2.24) is 10.2 Å². The standard InChI is InChI=1S/C19H25N3O6S2/c1-14(15-4-6-18(7-5-15)30(20,26)27)21-11-19(23)22(12-17-3-2-9-28-17)16-8-10-29(24,25)13-16/h2-7,9,14,16,21H,8,10-13H2,1H3,(H2,20,26,27)/t14-,16+/m0/s1. The van der Waals surface area contributed by atoms with Crippen molar-refractivity contribution in [3.63, 3.8) is 0 Å². The minimum Gasteiger partial charge on any atom is -0.467 e. The number of hydrogen-bond donors (Lipinski definition) is 2. The fourth-order valence-electron chi connectivity index (χ4n) is 3.42. The van der Waals surface area contributed by atoms with E-state index in [1.165, 1.54) is 18.4 Å². The summed E-state index contributed by atoms with van der Waals surface area (Å²) in [6, 6.07) is 8.92. The number of carbonyl (C=O) groups is 1. The molecule has 2 atom stereocenters. The van der Waals surface area contributed by atoms with Crippen molar-refractivity contribution in [2.45, 2.75) is 36.9 Å². The lowest BCUT2D eigenvalue weighted by atomic mass is 10.1. The number of hydrogen-bond acceptors (Lipinski definition) is 7. The number of carbonyl (C=O) groups excluding carboxylic acids is 1. The van der Waals surface area contributed by atoms with E-state index in [2.05, 4.69) is 5.32 Å². The summed E-state index contributed by atoms with van der Waals surface area (Å²) in [5.74, 6) is 0.366. The first kappa shape index (κ1) is 22.5. The fourth-order valence-corrected chi connectivity index (χ4v) is 5.66. The van der Waals surface area contributed by atoms with Crippen LogP contribution in [-0.4, -0.2) is 51.7 Å².